The van der Waals surface area contributed by atoms with E-state index in [2.05, 4.69) is 34.6 Å². The Morgan fingerprint density at radius 3 is 0.701 bits per heavy atom. The number of carbonyl (C=O) groups excluding carboxylic acids is 4. The molecule has 19 heteroatoms. The normalized spacial score (nSPS) is 13.9. The lowest BCUT2D eigenvalue weighted by Gasteiger charge is -2.21. The van der Waals surface area contributed by atoms with Crippen molar-refractivity contribution in [2.45, 2.75) is 432 Å². The Hall–Kier alpha value is -1.94. The number of esters is 4. The molecule has 0 heterocycles. The van der Waals surface area contributed by atoms with E-state index in [9.17, 15) is 43.2 Å². The number of aliphatic hydroxyl groups is 1. The fourth-order valence-electron chi connectivity index (χ4n) is 12.1. The van der Waals surface area contributed by atoms with Crippen LogP contribution in [0.1, 0.15) is 413 Å². The number of unbranched alkanes of at least 4 members (excludes halogenated alkanes) is 50. The molecule has 0 aliphatic rings. The fourth-order valence-corrected chi connectivity index (χ4v) is 13.6. The first-order valence-corrected chi connectivity index (χ1v) is 43.6. The molecule has 0 radical (unpaired) electrons. The number of ether oxygens (including phenoxy) is 4. The van der Waals surface area contributed by atoms with Gasteiger partial charge in [-0.2, -0.15) is 0 Å². The third-order valence-electron chi connectivity index (χ3n) is 18.3. The third kappa shape index (κ3) is 72.2. The summed E-state index contributed by atoms with van der Waals surface area (Å²) in [4.78, 5) is 72.8. The highest BCUT2D eigenvalue weighted by Gasteiger charge is 2.30. The Bertz CT molecular complexity index is 1860. The van der Waals surface area contributed by atoms with Crippen molar-refractivity contribution in [2.75, 3.05) is 39.6 Å². The summed E-state index contributed by atoms with van der Waals surface area (Å²) < 4.78 is 68.5. The molecule has 0 fully saturated rings. The molecule has 0 amide bonds. The van der Waals surface area contributed by atoms with Crippen molar-refractivity contribution >= 4 is 39.5 Å². The molecule has 0 aromatic heterocycles. The Labute approximate surface area is 594 Å². The van der Waals surface area contributed by atoms with Crippen molar-refractivity contribution < 1.29 is 80.2 Å². The summed E-state index contributed by atoms with van der Waals surface area (Å²) in [5.74, 6) is -1.33. The fraction of sp³-hybridized carbons (Fsp3) is 0.949. The molecular formula is C78H152O17P2. The van der Waals surface area contributed by atoms with Gasteiger partial charge in [-0.15, -0.1) is 0 Å². The van der Waals surface area contributed by atoms with Gasteiger partial charge in [0.05, 0.1) is 26.4 Å². The minimum atomic E-state index is -4.96. The largest absolute Gasteiger partial charge is 0.472 e. The maximum Gasteiger partial charge on any atom is 0.472 e. The summed E-state index contributed by atoms with van der Waals surface area (Å²) in [6.07, 6.45) is 61.1. The SMILES string of the molecule is CCCCCCCCCCCCCCCCCCCCCCCCC(=O)O[C@H](COC(=O)CCCCCCCCCCCCCCC(C)C)COP(=O)(O)OC[C@@H](O)COP(=O)(O)OC[C@@H](COC(=O)CCCCCCCCCCCC)OC(=O)CCCCCCCCCCCC. The van der Waals surface area contributed by atoms with Crippen molar-refractivity contribution in [3.05, 3.63) is 0 Å². The van der Waals surface area contributed by atoms with Gasteiger partial charge in [0.2, 0.25) is 0 Å². The Kier molecular flexibility index (Phi) is 69.6. The second-order valence-corrected chi connectivity index (χ2v) is 31.5. The van der Waals surface area contributed by atoms with Gasteiger partial charge in [-0.1, -0.05) is 362 Å². The molecule has 17 nitrogen and oxygen atoms in total. The van der Waals surface area contributed by atoms with Gasteiger partial charge >= 0.3 is 39.5 Å². The average molecular weight is 1420 g/mol. The molecular weight excluding hydrogens is 1270 g/mol. The van der Waals surface area contributed by atoms with Crippen LogP contribution in [0.15, 0.2) is 0 Å². The van der Waals surface area contributed by atoms with E-state index >= 15 is 0 Å². The van der Waals surface area contributed by atoms with Gasteiger partial charge in [0.25, 0.3) is 0 Å². The van der Waals surface area contributed by atoms with Gasteiger partial charge in [0.1, 0.15) is 19.3 Å². The van der Waals surface area contributed by atoms with Crippen LogP contribution in [0.5, 0.6) is 0 Å². The van der Waals surface area contributed by atoms with E-state index in [1.807, 2.05) is 0 Å². The molecule has 0 aromatic carbocycles. The number of rotatable bonds is 78. The van der Waals surface area contributed by atoms with Gasteiger partial charge in [0.15, 0.2) is 12.2 Å². The highest BCUT2D eigenvalue weighted by molar-refractivity contribution is 7.47. The Morgan fingerprint density at radius 2 is 0.474 bits per heavy atom. The molecule has 0 saturated carbocycles. The van der Waals surface area contributed by atoms with E-state index in [4.69, 9.17) is 37.0 Å². The standard InChI is InChI=1S/C78H152O17P2/c1-6-9-12-15-18-21-24-25-26-27-28-29-30-31-32-33-34-39-44-49-54-59-64-78(83)95-74(68-89-76(81)62-57-52-47-43-38-36-35-37-40-45-50-55-60-71(4)5)70-93-97(86,87)91-66-72(79)65-90-96(84,85)92-69-73(94-77(82)63-58-53-48-42-23-20-17-14-11-8-3)67-88-75(80)61-56-51-46-41-22-19-16-13-10-7-2/h71-74,79H,6-70H2,1-5H3,(H,84,85)(H,86,87)/t72-,73+,74+/m0/s1. The van der Waals surface area contributed by atoms with Crippen LogP contribution in [0.25, 0.3) is 0 Å². The minimum absolute atomic E-state index is 0.107. The number of phosphoric acid groups is 2. The number of phosphoric ester groups is 2. The minimum Gasteiger partial charge on any atom is -0.462 e. The van der Waals surface area contributed by atoms with Crippen LogP contribution >= 0.6 is 15.6 Å². The zero-order valence-corrected chi connectivity index (χ0v) is 65.0. The average Bonchev–Trinajstić information content (AvgIpc) is 1.20. The highest BCUT2D eigenvalue weighted by atomic mass is 31.2. The van der Waals surface area contributed by atoms with Crippen LogP contribution in [0.4, 0.5) is 0 Å². The van der Waals surface area contributed by atoms with Crippen LogP contribution in [0, 0.1) is 5.92 Å². The molecule has 0 bridgehead atoms. The zero-order chi connectivity index (χ0) is 71.2. The quantitative estimate of drug-likeness (QED) is 0.0222. The van der Waals surface area contributed by atoms with E-state index in [1.165, 1.54) is 238 Å². The topological polar surface area (TPSA) is 237 Å². The van der Waals surface area contributed by atoms with Crippen LogP contribution < -0.4 is 0 Å². The summed E-state index contributed by atoms with van der Waals surface area (Å²) in [6.45, 7) is 7.29. The van der Waals surface area contributed by atoms with E-state index in [1.54, 1.807) is 0 Å². The lowest BCUT2D eigenvalue weighted by molar-refractivity contribution is -0.161. The highest BCUT2D eigenvalue weighted by Crippen LogP contribution is 2.45. The molecule has 0 saturated heterocycles. The van der Waals surface area contributed by atoms with Crippen molar-refractivity contribution in [2.24, 2.45) is 5.92 Å². The van der Waals surface area contributed by atoms with Crippen molar-refractivity contribution in [3.8, 4) is 0 Å². The van der Waals surface area contributed by atoms with Crippen molar-refractivity contribution in [3.63, 3.8) is 0 Å². The monoisotopic (exact) mass is 1420 g/mol. The van der Waals surface area contributed by atoms with E-state index in [0.29, 0.717) is 25.7 Å². The number of hydrogen-bond donors (Lipinski definition) is 3. The van der Waals surface area contributed by atoms with Gasteiger partial charge in [0, 0.05) is 25.7 Å². The molecule has 0 spiro atoms. The Balaban J connectivity index is 5.17. The second-order valence-electron chi connectivity index (χ2n) is 28.6. The number of hydrogen-bond acceptors (Lipinski definition) is 15. The molecule has 2 unspecified atom stereocenters. The zero-order valence-electron chi connectivity index (χ0n) is 63.2. The molecule has 0 rings (SSSR count). The summed E-state index contributed by atoms with van der Waals surface area (Å²) in [5.41, 5.74) is 0. The first kappa shape index (κ1) is 95.1. The molecule has 0 aromatic rings. The van der Waals surface area contributed by atoms with Crippen LogP contribution in [-0.2, 0) is 65.4 Å². The maximum atomic E-state index is 13.1. The smallest absolute Gasteiger partial charge is 0.462 e. The Morgan fingerprint density at radius 1 is 0.278 bits per heavy atom. The molecule has 0 aliphatic carbocycles. The molecule has 576 valence electrons. The van der Waals surface area contributed by atoms with Gasteiger partial charge in [-0.3, -0.25) is 37.3 Å². The lowest BCUT2D eigenvalue weighted by atomic mass is 10.0. The second kappa shape index (κ2) is 71.1. The van der Waals surface area contributed by atoms with E-state index in [-0.39, 0.29) is 25.7 Å². The van der Waals surface area contributed by atoms with Crippen molar-refractivity contribution in [1.82, 2.24) is 0 Å². The van der Waals surface area contributed by atoms with Gasteiger partial charge in [-0.25, -0.2) is 9.13 Å². The number of aliphatic hydroxyl groups excluding tert-OH is 1. The van der Waals surface area contributed by atoms with E-state index < -0.39 is 97.5 Å². The first-order valence-electron chi connectivity index (χ1n) is 40.6. The van der Waals surface area contributed by atoms with Crippen molar-refractivity contribution in [1.29, 1.82) is 0 Å². The molecule has 97 heavy (non-hydrogen) atoms. The lowest BCUT2D eigenvalue weighted by Crippen LogP contribution is -2.30. The predicted molar refractivity (Wildman–Crippen MR) is 395 cm³/mol. The third-order valence-corrected chi connectivity index (χ3v) is 20.2. The molecule has 3 N–H and O–H groups in total. The molecule has 0 aliphatic heterocycles. The summed E-state index contributed by atoms with van der Waals surface area (Å²) in [6, 6.07) is 0. The molecule has 5 atom stereocenters. The summed E-state index contributed by atoms with van der Waals surface area (Å²) in [7, 11) is -9.91. The summed E-state index contributed by atoms with van der Waals surface area (Å²) >= 11 is 0. The van der Waals surface area contributed by atoms with E-state index in [0.717, 1.165) is 95.8 Å². The van der Waals surface area contributed by atoms with Crippen LogP contribution in [0.3, 0.4) is 0 Å². The number of carbonyl (C=O) groups is 4. The maximum absolute atomic E-state index is 13.1. The predicted octanol–water partition coefficient (Wildman–Crippen LogP) is 23.3. The summed E-state index contributed by atoms with van der Waals surface area (Å²) in [5, 5.41) is 10.6. The van der Waals surface area contributed by atoms with Crippen LogP contribution in [0.2, 0.25) is 0 Å². The van der Waals surface area contributed by atoms with Gasteiger partial charge in [-0.05, 0) is 31.6 Å². The first-order chi connectivity index (χ1) is 47.0. The van der Waals surface area contributed by atoms with Gasteiger partial charge < -0.3 is 33.8 Å². The van der Waals surface area contributed by atoms with Crippen LogP contribution in [-0.4, -0.2) is 96.7 Å².